The standard InChI is InChI=1S/C28H27N3O7/c1-4-38-25(33)22-7-5-6-8-23(22)29-24(32)17-31-26(34)28(30-27(31)35,18-9-13-20(36-2)14-10-18)19-11-15-21(37-3)16-12-19/h5-16H,4,17H2,1-3H3,(H,29,32)(H,30,35). The molecule has 1 fully saturated rings. The second-order valence-corrected chi connectivity index (χ2v) is 8.34. The van der Waals surface area contributed by atoms with E-state index in [1.807, 2.05) is 0 Å². The first-order valence-electron chi connectivity index (χ1n) is 11.8. The lowest BCUT2D eigenvalue weighted by atomic mass is 9.82. The summed E-state index contributed by atoms with van der Waals surface area (Å²) in [7, 11) is 3.05. The summed E-state index contributed by atoms with van der Waals surface area (Å²) in [6, 6.07) is 19.0. The number of nitrogens with zero attached hydrogens (tertiary/aromatic N) is 1. The maximum Gasteiger partial charge on any atom is 0.340 e. The minimum Gasteiger partial charge on any atom is -0.497 e. The molecule has 0 aliphatic carbocycles. The average molecular weight is 518 g/mol. The first-order valence-corrected chi connectivity index (χ1v) is 11.8. The number of nitrogens with one attached hydrogen (secondary N) is 2. The zero-order valence-corrected chi connectivity index (χ0v) is 21.1. The van der Waals surface area contributed by atoms with Crippen LogP contribution in [0.15, 0.2) is 72.8 Å². The molecule has 0 spiro atoms. The van der Waals surface area contributed by atoms with Gasteiger partial charge in [-0.2, -0.15) is 0 Å². The van der Waals surface area contributed by atoms with Gasteiger partial charge < -0.3 is 24.8 Å². The molecule has 0 radical (unpaired) electrons. The largest absolute Gasteiger partial charge is 0.497 e. The Kier molecular flexibility index (Phi) is 7.61. The molecule has 0 atom stereocenters. The SMILES string of the molecule is CCOC(=O)c1ccccc1NC(=O)CN1C(=O)NC(c2ccc(OC)cc2)(c2ccc(OC)cc2)C1=O. The number of ether oxygens (including phenoxy) is 3. The molecule has 4 amide bonds. The van der Waals surface area contributed by atoms with Gasteiger partial charge in [-0.1, -0.05) is 36.4 Å². The predicted molar refractivity (Wildman–Crippen MR) is 138 cm³/mol. The van der Waals surface area contributed by atoms with Gasteiger partial charge in [-0.3, -0.25) is 14.5 Å². The number of hydrogen-bond acceptors (Lipinski definition) is 7. The van der Waals surface area contributed by atoms with Gasteiger partial charge in [0.25, 0.3) is 5.91 Å². The third-order valence-electron chi connectivity index (χ3n) is 6.15. The second kappa shape index (κ2) is 11.0. The van der Waals surface area contributed by atoms with Gasteiger partial charge in [-0.05, 0) is 54.4 Å². The van der Waals surface area contributed by atoms with Crippen LogP contribution in [-0.2, 0) is 19.9 Å². The Morgan fingerprint density at radius 2 is 1.42 bits per heavy atom. The maximum atomic E-state index is 13.9. The van der Waals surface area contributed by atoms with Crippen molar-refractivity contribution in [1.82, 2.24) is 10.2 Å². The normalized spacial score (nSPS) is 14.0. The number of carbonyl (C=O) groups is 4. The molecular formula is C28H27N3O7. The topological polar surface area (TPSA) is 123 Å². The number of urea groups is 1. The van der Waals surface area contributed by atoms with E-state index >= 15 is 0 Å². The number of rotatable bonds is 9. The number of imide groups is 1. The molecule has 10 heteroatoms. The highest BCUT2D eigenvalue weighted by atomic mass is 16.5. The summed E-state index contributed by atoms with van der Waals surface area (Å²) in [6.07, 6.45) is 0. The van der Waals surface area contributed by atoms with Gasteiger partial charge in [-0.25, -0.2) is 9.59 Å². The lowest BCUT2D eigenvalue weighted by molar-refractivity contribution is -0.133. The van der Waals surface area contributed by atoms with Crippen LogP contribution in [0.1, 0.15) is 28.4 Å². The summed E-state index contributed by atoms with van der Waals surface area (Å²) in [4.78, 5) is 53.1. The van der Waals surface area contributed by atoms with E-state index in [2.05, 4.69) is 10.6 Å². The van der Waals surface area contributed by atoms with E-state index < -0.39 is 35.9 Å². The van der Waals surface area contributed by atoms with Crippen molar-refractivity contribution in [3.05, 3.63) is 89.5 Å². The monoisotopic (exact) mass is 517 g/mol. The van der Waals surface area contributed by atoms with Gasteiger partial charge in [0.1, 0.15) is 18.0 Å². The fourth-order valence-electron chi connectivity index (χ4n) is 4.27. The molecule has 1 aliphatic heterocycles. The van der Waals surface area contributed by atoms with Crippen LogP contribution in [0.3, 0.4) is 0 Å². The number of benzene rings is 3. The van der Waals surface area contributed by atoms with Crippen molar-refractivity contribution in [3.63, 3.8) is 0 Å². The number of amides is 4. The highest BCUT2D eigenvalue weighted by molar-refractivity contribution is 6.12. The number of anilines is 1. The summed E-state index contributed by atoms with van der Waals surface area (Å²) < 4.78 is 15.5. The van der Waals surface area contributed by atoms with Gasteiger partial charge in [0.2, 0.25) is 5.91 Å². The van der Waals surface area contributed by atoms with Crippen LogP contribution in [0.25, 0.3) is 0 Å². The van der Waals surface area contributed by atoms with Crippen LogP contribution in [0, 0.1) is 0 Å². The number of methoxy groups -OCH3 is 2. The quantitative estimate of drug-likeness (QED) is 0.330. The van der Waals surface area contributed by atoms with E-state index in [0.717, 1.165) is 4.90 Å². The lowest BCUT2D eigenvalue weighted by Gasteiger charge is -2.28. The van der Waals surface area contributed by atoms with Gasteiger partial charge in [0.05, 0.1) is 32.1 Å². The van der Waals surface area contributed by atoms with Crippen molar-refractivity contribution in [2.45, 2.75) is 12.5 Å². The smallest absolute Gasteiger partial charge is 0.340 e. The van der Waals surface area contributed by atoms with E-state index in [1.54, 1.807) is 67.6 Å². The molecule has 4 rings (SSSR count). The lowest BCUT2D eigenvalue weighted by Crippen LogP contribution is -2.45. The van der Waals surface area contributed by atoms with Crippen LogP contribution in [0.4, 0.5) is 10.5 Å². The fraction of sp³-hybridized carbons (Fsp3) is 0.214. The minimum atomic E-state index is -1.58. The molecule has 38 heavy (non-hydrogen) atoms. The number of carbonyl (C=O) groups excluding carboxylic acids is 4. The summed E-state index contributed by atoms with van der Waals surface area (Å²) in [5.41, 5.74) is -0.251. The van der Waals surface area contributed by atoms with Crippen LogP contribution in [-0.4, -0.2) is 56.1 Å². The zero-order valence-electron chi connectivity index (χ0n) is 21.1. The van der Waals surface area contributed by atoms with Crippen molar-refractivity contribution >= 4 is 29.5 Å². The third-order valence-corrected chi connectivity index (χ3v) is 6.15. The molecule has 1 aliphatic rings. The molecule has 3 aromatic carbocycles. The van der Waals surface area contributed by atoms with Crippen molar-refractivity contribution in [1.29, 1.82) is 0 Å². The molecule has 0 aromatic heterocycles. The molecule has 2 N–H and O–H groups in total. The highest BCUT2D eigenvalue weighted by Crippen LogP contribution is 2.37. The van der Waals surface area contributed by atoms with Crippen LogP contribution < -0.4 is 20.1 Å². The summed E-state index contributed by atoms with van der Waals surface area (Å²) in [5, 5.41) is 5.40. The first kappa shape index (κ1) is 26.2. The number of para-hydroxylation sites is 1. The van der Waals surface area contributed by atoms with Crippen LogP contribution in [0.5, 0.6) is 11.5 Å². The summed E-state index contributed by atoms with van der Waals surface area (Å²) in [6.45, 7) is 1.27. The molecule has 1 saturated heterocycles. The number of hydrogen-bond donors (Lipinski definition) is 2. The maximum absolute atomic E-state index is 13.9. The Morgan fingerprint density at radius 3 is 1.95 bits per heavy atom. The van der Waals surface area contributed by atoms with Gasteiger partial charge in [0.15, 0.2) is 5.54 Å². The predicted octanol–water partition coefficient (Wildman–Crippen LogP) is 3.31. The Morgan fingerprint density at radius 1 is 0.868 bits per heavy atom. The average Bonchev–Trinajstić information content (AvgIpc) is 3.19. The van der Waals surface area contributed by atoms with Crippen LogP contribution >= 0.6 is 0 Å². The van der Waals surface area contributed by atoms with E-state index in [0.29, 0.717) is 22.6 Å². The molecular weight excluding hydrogens is 490 g/mol. The summed E-state index contributed by atoms with van der Waals surface area (Å²) >= 11 is 0. The summed E-state index contributed by atoms with van der Waals surface area (Å²) in [5.74, 6) is -0.743. The molecule has 1 heterocycles. The van der Waals surface area contributed by atoms with Gasteiger partial charge in [-0.15, -0.1) is 0 Å². The Hall–Kier alpha value is -4.86. The van der Waals surface area contributed by atoms with Gasteiger partial charge >= 0.3 is 12.0 Å². The van der Waals surface area contributed by atoms with E-state index in [9.17, 15) is 19.2 Å². The Balaban J connectivity index is 1.65. The first-order chi connectivity index (χ1) is 18.3. The number of esters is 1. The van der Waals surface area contributed by atoms with Crippen LogP contribution in [0.2, 0.25) is 0 Å². The molecule has 0 unspecified atom stereocenters. The van der Waals surface area contributed by atoms with Crippen molar-refractivity contribution in [3.8, 4) is 11.5 Å². The fourth-order valence-corrected chi connectivity index (χ4v) is 4.27. The molecule has 196 valence electrons. The van der Waals surface area contributed by atoms with Crippen molar-refractivity contribution < 1.29 is 33.4 Å². The third kappa shape index (κ3) is 4.88. The van der Waals surface area contributed by atoms with Crippen molar-refractivity contribution in [2.24, 2.45) is 0 Å². The Labute approximate surface area is 219 Å². The molecule has 3 aromatic rings. The molecule has 10 nitrogen and oxygen atoms in total. The minimum absolute atomic E-state index is 0.158. The highest BCUT2D eigenvalue weighted by Gasteiger charge is 2.54. The second-order valence-electron chi connectivity index (χ2n) is 8.34. The van der Waals surface area contributed by atoms with Gasteiger partial charge in [0, 0.05) is 0 Å². The molecule has 0 saturated carbocycles. The van der Waals surface area contributed by atoms with E-state index in [-0.39, 0.29) is 17.9 Å². The van der Waals surface area contributed by atoms with E-state index in [4.69, 9.17) is 14.2 Å². The zero-order chi connectivity index (χ0) is 27.3. The van der Waals surface area contributed by atoms with E-state index in [1.165, 1.54) is 26.4 Å². The van der Waals surface area contributed by atoms with Crippen molar-refractivity contribution in [2.75, 3.05) is 32.7 Å². The molecule has 0 bridgehead atoms. The Bertz CT molecular complexity index is 1310.